The molecule has 0 aliphatic heterocycles. The molecular weight excluding hydrogens is 271 g/mol. The average molecular weight is 289 g/mol. The van der Waals surface area contributed by atoms with E-state index in [2.05, 4.69) is 0 Å². The molecule has 0 aliphatic rings. The molecule has 3 nitrogen and oxygen atoms in total. The zero-order chi connectivity index (χ0) is 14.4. The molecule has 0 saturated carbocycles. The summed E-state index contributed by atoms with van der Waals surface area (Å²) in [5.74, 6) is -1.77. The molecule has 0 heterocycles. The predicted molar refractivity (Wildman–Crippen MR) is 71.4 cm³/mol. The molecule has 0 amide bonds. The standard InChI is InChI=1S/C14H18ClFO3/c1-3-5-10(14(18)19-4-2)13(17)9-6-7-11(15)12(16)8-9/h6-8,10,13,17H,3-5H2,1-2H3. The van der Waals surface area contributed by atoms with Gasteiger partial charge in [-0.3, -0.25) is 4.79 Å². The highest BCUT2D eigenvalue weighted by Crippen LogP contribution is 2.29. The lowest BCUT2D eigenvalue weighted by Crippen LogP contribution is -2.24. The fourth-order valence-electron chi connectivity index (χ4n) is 1.89. The van der Waals surface area contributed by atoms with Crippen molar-refractivity contribution in [1.82, 2.24) is 0 Å². The van der Waals surface area contributed by atoms with Gasteiger partial charge in [-0.2, -0.15) is 0 Å². The summed E-state index contributed by atoms with van der Waals surface area (Å²) in [6.07, 6.45) is 0.103. The van der Waals surface area contributed by atoms with Crippen LogP contribution in [0.2, 0.25) is 5.02 Å². The first kappa shape index (κ1) is 15.9. The third kappa shape index (κ3) is 4.18. The average Bonchev–Trinajstić information content (AvgIpc) is 2.38. The summed E-state index contributed by atoms with van der Waals surface area (Å²) < 4.78 is 18.3. The predicted octanol–water partition coefficient (Wildman–Crippen LogP) is 3.49. The van der Waals surface area contributed by atoms with Crippen LogP contribution >= 0.6 is 11.6 Å². The van der Waals surface area contributed by atoms with Gasteiger partial charge in [0.15, 0.2) is 0 Å². The molecule has 1 rings (SSSR count). The quantitative estimate of drug-likeness (QED) is 0.815. The maximum absolute atomic E-state index is 13.4. The van der Waals surface area contributed by atoms with Gasteiger partial charge < -0.3 is 9.84 Å². The zero-order valence-electron chi connectivity index (χ0n) is 11.0. The van der Waals surface area contributed by atoms with Crippen LogP contribution in [0, 0.1) is 11.7 Å². The first-order valence-corrected chi connectivity index (χ1v) is 6.68. The van der Waals surface area contributed by atoms with E-state index in [0.29, 0.717) is 12.0 Å². The molecule has 0 fully saturated rings. The molecule has 1 aromatic carbocycles. The Morgan fingerprint density at radius 2 is 2.16 bits per heavy atom. The van der Waals surface area contributed by atoms with Gasteiger partial charge in [0.2, 0.25) is 0 Å². The Labute approximate surface area is 117 Å². The van der Waals surface area contributed by atoms with E-state index in [1.165, 1.54) is 12.1 Å². The van der Waals surface area contributed by atoms with E-state index in [1.54, 1.807) is 6.92 Å². The summed E-state index contributed by atoms with van der Waals surface area (Å²) in [4.78, 5) is 11.8. The Morgan fingerprint density at radius 3 is 2.68 bits per heavy atom. The van der Waals surface area contributed by atoms with Crippen LogP contribution in [-0.2, 0) is 9.53 Å². The number of aliphatic hydroxyl groups excluding tert-OH is 1. The van der Waals surface area contributed by atoms with Crippen LogP contribution in [0.5, 0.6) is 0 Å². The van der Waals surface area contributed by atoms with Gasteiger partial charge in [0.25, 0.3) is 0 Å². The third-order valence-corrected chi connectivity index (χ3v) is 3.16. The smallest absolute Gasteiger partial charge is 0.311 e. The van der Waals surface area contributed by atoms with Crippen LogP contribution in [0.3, 0.4) is 0 Å². The van der Waals surface area contributed by atoms with E-state index in [9.17, 15) is 14.3 Å². The molecule has 2 atom stereocenters. The van der Waals surface area contributed by atoms with Crippen LogP contribution < -0.4 is 0 Å². The second kappa shape index (κ2) is 7.46. The second-order valence-corrected chi connectivity index (χ2v) is 4.67. The highest BCUT2D eigenvalue weighted by molar-refractivity contribution is 6.30. The third-order valence-electron chi connectivity index (χ3n) is 2.86. The summed E-state index contributed by atoms with van der Waals surface area (Å²) in [7, 11) is 0. The van der Waals surface area contributed by atoms with Gasteiger partial charge in [0.05, 0.1) is 23.7 Å². The maximum Gasteiger partial charge on any atom is 0.311 e. The lowest BCUT2D eigenvalue weighted by Gasteiger charge is -2.21. The molecular formula is C14H18ClFO3. The molecule has 0 radical (unpaired) electrons. The van der Waals surface area contributed by atoms with Crippen molar-refractivity contribution in [2.45, 2.75) is 32.8 Å². The number of aliphatic hydroxyl groups is 1. The van der Waals surface area contributed by atoms with Crippen LogP contribution in [0.4, 0.5) is 4.39 Å². The van der Waals surface area contributed by atoms with Crippen molar-refractivity contribution >= 4 is 17.6 Å². The van der Waals surface area contributed by atoms with Gasteiger partial charge in [-0.1, -0.05) is 31.0 Å². The minimum atomic E-state index is -1.09. The Bertz CT molecular complexity index is 437. The molecule has 1 N–H and O–H groups in total. The van der Waals surface area contributed by atoms with Gasteiger partial charge in [0.1, 0.15) is 5.82 Å². The first-order chi connectivity index (χ1) is 9.01. The van der Waals surface area contributed by atoms with Crippen LogP contribution in [0.25, 0.3) is 0 Å². The molecule has 5 heteroatoms. The van der Waals surface area contributed by atoms with Crippen LogP contribution in [0.1, 0.15) is 38.4 Å². The first-order valence-electron chi connectivity index (χ1n) is 6.30. The lowest BCUT2D eigenvalue weighted by molar-refractivity contribution is -0.152. The van der Waals surface area contributed by atoms with Gasteiger partial charge in [-0.25, -0.2) is 4.39 Å². The minimum absolute atomic E-state index is 0.0147. The number of rotatable bonds is 6. The van der Waals surface area contributed by atoms with E-state index in [0.717, 1.165) is 12.5 Å². The van der Waals surface area contributed by atoms with Crippen molar-refractivity contribution in [3.05, 3.63) is 34.6 Å². The van der Waals surface area contributed by atoms with Crippen molar-refractivity contribution in [3.8, 4) is 0 Å². The number of ether oxygens (including phenoxy) is 1. The lowest BCUT2D eigenvalue weighted by atomic mass is 9.92. The van der Waals surface area contributed by atoms with Crippen molar-refractivity contribution in [3.63, 3.8) is 0 Å². The molecule has 0 aliphatic carbocycles. The molecule has 0 spiro atoms. The van der Waals surface area contributed by atoms with Gasteiger partial charge in [0, 0.05) is 0 Å². The Balaban J connectivity index is 2.94. The normalized spacial score (nSPS) is 13.9. The van der Waals surface area contributed by atoms with Crippen molar-refractivity contribution in [2.75, 3.05) is 6.61 Å². The Kier molecular flexibility index (Phi) is 6.25. The number of esters is 1. The van der Waals surface area contributed by atoms with E-state index in [1.807, 2.05) is 6.92 Å². The summed E-state index contributed by atoms with van der Waals surface area (Å²) in [6, 6.07) is 4.02. The molecule has 0 bridgehead atoms. The summed E-state index contributed by atoms with van der Waals surface area (Å²) in [6.45, 7) is 3.86. The fourth-order valence-corrected chi connectivity index (χ4v) is 2.01. The fraction of sp³-hybridized carbons (Fsp3) is 0.500. The number of carbonyl (C=O) groups is 1. The van der Waals surface area contributed by atoms with Gasteiger partial charge in [-0.15, -0.1) is 0 Å². The number of benzene rings is 1. The summed E-state index contributed by atoms with van der Waals surface area (Å²) in [5.41, 5.74) is 0.327. The van der Waals surface area contributed by atoms with E-state index < -0.39 is 23.8 Å². The topological polar surface area (TPSA) is 46.5 Å². The van der Waals surface area contributed by atoms with Crippen LogP contribution in [0.15, 0.2) is 18.2 Å². The van der Waals surface area contributed by atoms with Gasteiger partial charge >= 0.3 is 5.97 Å². The Hall–Kier alpha value is -1.13. The largest absolute Gasteiger partial charge is 0.466 e. The minimum Gasteiger partial charge on any atom is -0.466 e. The van der Waals surface area contributed by atoms with E-state index in [-0.39, 0.29) is 11.6 Å². The molecule has 0 aromatic heterocycles. The Morgan fingerprint density at radius 1 is 1.47 bits per heavy atom. The molecule has 1 aromatic rings. The van der Waals surface area contributed by atoms with Gasteiger partial charge in [-0.05, 0) is 31.0 Å². The summed E-state index contributed by atoms with van der Waals surface area (Å²) >= 11 is 5.59. The van der Waals surface area contributed by atoms with Crippen molar-refractivity contribution in [1.29, 1.82) is 0 Å². The molecule has 106 valence electrons. The maximum atomic E-state index is 13.4. The monoisotopic (exact) mass is 288 g/mol. The van der Waals surface area contributed by atoms with Crippen molar-refractivity contribution < 1.29 is 19.0 Å². The van der Waals surface area contributed by atoms with Crippen molar-refractivity contribution in [2.24, 2.45) is 5.92 Å². The van der Waals surface area contributed by atoms with E-state index in [4.69, 9.17) is 16.3 Å². The SMILES string of the molecule is CCCC(C(=O)OCC)C(O)c1ccc(Cl)c(F)c1. The zero-order valence-corrected chi connectivity index (χ0v) is 11.8. The number of hydrogen-bond donors (Lipinski definition) is 1. The number of halogens is 2. The molecule has 19 heavy (non-hydrogen) atoms. The number of carbonyl (C=O) groups excluding carboxylic acids is 1. The number of hydrogen-bond acceptors (Lipinski definition) is 3. The highest BCUT2D eigenvalue weighted by atomic mass is 35.5. The second-order valence-electron chi connectivity index (χ2n) is 4.27. The molecule has 0 saturated heterocycles. The summed E-state index contributed by atoms with van der Waals surface area (Å²) in [5, 5.41) is 10.2. The van der Waals surface area contributed by atoms with E-state index >= 15 is 0 Å². The van der Waals surface area contributed by atoms with Crippen LogP contribution in [-0.4, -0.2) is 17.7 Å². The molecule has 2 unspecified atom stereocenters. The highest BCUT2D eigenvalue weighted by Gasteiger charge is 2.28.